The van der Waals surface area contributed by atoms with Crippen molar-refractivity contribution in [2.24, 2.45) is 5.92 Å². The molecule has 0 saturated heterocycles. The first kappa shape index (κ1) is 23.8. The molecular formula is C30H29N7O. The molecule has 0 atom stereocenters. The number of benzene rings is 1. The minimum Gasteiger partial charge on any atom is -0.383 e. The maximum Gasteiger partial charge on any atom is 0.228 e. The Labute approximate surface area is 221 Å². The second-order valence-electron chi connectivity index (χ2n) is 9.74. The standard InChI is InChI=1S/C30H29N7O/c1-19-25(16-17-26(33-19)36-30(38)21-11-6-3-7-12-21)37-28(22-13-8-18-32-27(22)31)35-24-15-14-23(34-29(24)37)20-9-4-2-5-10-20/h2,4-5,8-10,13-18,21H,3,6-7,11-12H2,1H3,(H2,31,32)(H,33,36,38). The number of aromatic nitrogens is 5. The van der Waals surface area contributed by atoms with Crippen molar-refractivity contribution in [1.29, 1.82) is 0 Å². The zero-order chi connectivity index (χ0) is 26.1. The van der Waals surface area contributed by atoms with Crippen molar-refractivity contribution in [3.8, 4) is 28.3 Å². The monoisotopic (exact) mass is 503 g/mol. The molecule has 0 aliphatic heterocycles. The highest BCUT2D eigenvalue weighted by atomic mass is 16.1. The van der Waals surface area contributed by atoms with Crippen LogP contribution in [-0.2, 0) is 4.79 Å². The van der Waals surface area contributed by atoms with E-state index in [1.165, 1.54) is 6.42 Å². The van der Waals surface area contributed by atoms with Crippen molar-refractivity contribution in [2.45, 2.75) is 39.0 Å². The zero-order valence-electron chi connectivity index (χ0n) is 21.3. The van der Waals surface area contributed by atoms with E-state index in [4.69, 9.17) is 20.7 Å². The summed E-state index contributed by atoms with van der Waals surface area (Å²) < 4.78 is 1.98. The van der Waals surface area contributed by atoms with Crippen molar-refractivity contribution in [2.75, 3.05) is 11.1 Å². The van der Waals surface area contributed by atoms with Gasteiger partial charge in [0.2, 0.25) is 5.91 Å². The molecule has 5 aromatic rings. The fourth-order valence-corrected chi connectivity index (χ4v) is 5.20. The van der Waals surface area contributed by atoms with Crippen molar-refractivity contribution < 1.29 is 4.79 Å². The van der Waals surface area contributed by atoms with E-state index in [9.17, 15) is 4.79 Å². The molecule has 8 nitrogen and oxygen atoms in total. The van der Waals surface area contributed by atoms with Crippen molar-refractivity contribution >= 4 is 28.7 Å². The number of aryl methyl sites for hydroxylation is 1. The third-order valence-corrected chi connectivity index (χ3v) is 7.18. The molecule has 6 rings (SSSR count). The summed E-state index contributed by atoms with van der Waals surface area (Å²) in [5.41, 5.74) is 11.8. The number of carbonyl (C=O) groups excluding carboxylic acids is 1. The third kappa shape index (κ3) is 4.49. The second-order valence-corrected chi connectivity index (χ2v) is 9.74. The summed E-state index contributed by atoms with van der Waals surface area (Å²) in [6.45, 7) is 1.93. The highest BCUT2D eigenvalue weighted by molar-refractivity contribution is 5.92. The SMILES string of the molecule is Cc1nc(NC(=O)C2CCCCC2)ccc1-n1c(-c2cccnc2N)nc2ccc(-c3ccccc3)nc21. The first-order valence-corrected chi connectivity index (χ1v) is 13.0. The molecule has 1 amide bonds. The molecule has 4 aromatic heterocycles. The molecule has 38 heavy (non-hydrogen) atoms. The molecule has 1 saturated carbocycles. The molecule has 0 bridgehead atoms. The average Bonchev–Trinajstić information content (AvgIpc) is 3.32. The van der Waals surface area contributed by atoms with E-state index in [1.807, 2.05) is 78.2 Å². The van der Waals surface area contributed by atoms with Gasteiger partial charge >= 0.3 is 0 Å². The number of hydrogen-bond donors (Lipinski definition) is 2. The van der Waals surface area contributed by atoms with Crippen LogP contribution in [0.2, 0.25) is 0 Å². The average molecular weight is 504 g/mol. The van der Waals surface area contributed by atoms with Gasteiger partial charge in [-0.1, -0.05) is 49.6 Å². The van der Waals surface area contributed by atoms with E-state index in [-0.39, 0.29) is 11.8 Å². The van der Waals surface area contributed by atoms with Crippen LogP contribution in [0, 0.1) is 12.8 Å². The summed E-state index contributed by atoms with van der Waals surface area (Å²) in [6, 6.07) is 21.5. The van der Waals surface area contributed by atoms with Crippen LogP contribution in [0.25, 0.3) is 39.5 Å². The lowest BCUT2D eigenvalue weighted by molar-refractivity contribution is -0.120. The van der Waals surface area contributed by atoms with E-state index in [1.54, 1.807) is 6.20 Å². The van der Waals surface area contributed by atoms with Gasteiger partial charge in [-0.3, -0.25) is 9.36 Å². The second kappa shape index (κ2) is 10.0. The van der Waals surface area contributed by atoms with Gasteiger partial charge in [-0.2, -0.15) is 0 Å². The van der Waals surface area contributed by atoms with Crippen molar-refractivity contribution in [1.82, 2.24) is 24.5 Å². The Hall–Kier alpha value is -4.59. The Balaban J connectivity index is 1.46. The molecule has 1 aliphatic carbocycles. The van der Waals surface area contributed by atoms with E-state index in [2.05, 4.69) is 10.3 Å². The number of pyridine rings is 3. The maximum absolute atomic E-state index is 12.8. The predicted molar refractivity (Wildman–Crippen MR) is 150 cm³/mol. The molecule has 0 spiro atoms. The lowest BCUT2D eigenvalue weighted by atomic mass is 9.89. The normalized spacial score (nSPS) is 14.0. The number of nitrogen functional groups attached to an aromatic ring is 1. The molecule has 190 valence electrons. The van der Waals surface area contributed by atoms with Gasteiger partial charge in [0.25, 0.3) is 0 Å². The first-order chi connectivity index (χ1) is 18.6. The predicted octanol–water partition coefficient (Wildman–Crippen LogP) is 5.95. The van der Waals surface area contributed by atoms with E-state index in [0.29, 0.717) is 28.7 Å². The van der Waals surface area contributed by atoms with Gasteiger partial charge in [0, 0.05) is 17.7 Å². The van der Waals surface area contributed by atoms with E-state index < -0.39 is 0 Å². The number of imidazole rings is 1. The third-order valence-electron chi connectivity index (χ3n) is 7.18. The molecule has 4 heterocycles. The number of anilines is 2. The molecule has 0 radical (unpaired) electrons. The number of rotatable bonds is 5. The van der Waals surface area contributed by atoms with Crippen LogP contribution in [0.4, 0.5) is 11.6 Å². The maximum atomic E-state index is 12.8. The van der Waals surface area contributed by atoms with Crippen LogP contribution in [0.15, 0.2) is 72.9 Å². The molecule has 1 fully saturated rings. The minimum absolute atomic E-state index is 0.0513. The summed E-state index contributed by atoms with van der Waals surface area (Å²) in [4.78, 5) is 31.8. The smallest absolute Gasteiger partial charge is 0.228 e. The topological polar surface area (TPSA) is 112 Å². The Morgan fingerprint density at radius 1 is 0.921 bits per heavy atom. The number of nitrogens with two attached hydrogens (primary N) is 1. The van der Waals surface area contributed by atoms with Gasteiger partial charge < -0.3 is 11.1 Å². The van der Waals surface area contributed by atoms with Gasteiger partial charge in [-0.25, -0.2) is 19.9 Å². The summed E-state index contributed by atoms with van der Waals surface area (Å²) >= 11 is 0. The highest BCUT2D eigenvalue weighted by Crippen LogP contribution is 2.33. The zero-order valence-corrected chi connectivity index (χ0v) is 21.3. The summed E-state index contributed by atoms with van der Waals surface area (Å²) in [5, 5.41) is 3.03. The van der Waals surface area contributed by atoms with E-state index in [0.717, 1.165) is 53.8 Å². The molecule has 1 aliphatic rings. The first-order valence-electron chi connectivity index (χ1n) is 13.0. The van der Waals surface area contributed by atoms with Gasteiger partial charge in [0.15, 0.2) is 11.5 Å². The number of nitrogens with one attached hydrogen (secondary N) is 1. The number of fused-ring (bicyclic) bond motifs is 1. The van der Waals surface area contributed by atoms with Crippen LogP contribution in [0.3, 0.4) is 0 Å². The lowest BCUT2D eigenvalue weighted by Crippen LogP contribution is -2.25. The van der Waals surface area contributed by atoms with Crippen LogP contribution in [0.1, 0.15) is 37.8 Å². The molecule has 0 unspecified atom stereocenters. The van der Waals surface area contributed by atoms with Gasteiger partial charge in [0.1, 0.15) is 17.2 Å². The van der Waals surface area contributed by atoms with E-state index >= 15 is 0 Å². The van der Waals surface area contributed by atoms with Crippen LogP contribution >= 0.6 is 0 Å². The van der Waals surface area contributed by atoms with Gasteiger partial charge in [-0.05, 0) is 56.2 Å². The molecule has 1 aromatic carbocycles. The number of nitrogens with zero attached hydrogens (tertiary/aromatic N) is 5. The minimum atomic E-state index is 0.0513. The van der Waals surface area contributed by atoms with Crippen LogP contribution in [-0.4, -0.2) is 30.4 Å². The number of hydrogen-bond acceptors (Lipinski definition) is 6. The van der Waals surface area contributed by atoms with Crippen molar-refractivity contribution in [3.63, 3.8) is 0 Å². The Morgan fingerprint density at radius 3 is 2.50 bits per heavy atom. The van der Waals surface area contributed by atoms with Crippen LogP contribution in [0.5, 0.6) is 0 Å². The van der Waals surface area contributed by atoms with Crippen LogP contribution < -0.4 is 11.1 Å². The Kier molecular flexibility index (Phi) is 6.29. The van der Waals surface area contributed by atoms with Crippen molar-refractivity contribution in [3.05, 3.63) is 78.6 Å². The summed E-state index contributed by atoms with van der Waals surface area (Å²) in [7, 11) is 0. The van der Waals surface area contributed by atoms with Gasteiger partial charge in [0.05, 0.1) is 22.6 Å². The summed E-state index contributed by atoms with van der Waals surface area (Å²) in [6.07, 6.45) is 6.96. The molecular weight excluding hydrogens is 474 g/mol. The largest absolute Gasteiger partial charge is 0.383 e. The number of amides is 1. The lowest BCUT2D eigenvalue weighted by Gasteiger charge is -2.20. The Bertz CT molecular complexity index is 1620. The quantitative estimate of drug-likeness (QED) is 0.306. The summed E-state index contributed by atoms with van der Waals surface area (Å²) in [5.74, 6) is 1.67. The fraction of sp³-hybridized carbons (Fsp3) is 0.233. The van der Waals surface area contributed by atoms with Gasteiger partial charge in [-0.15, -0.1) is 0 Å². The highest BCUT2D eigenvalue weighted by Gasteiger charge is 2.23. The molecule has 8 heteroatoms. The Morgan fingerprint density at radius 2 is 1.74 bits per heavy atom. The molecule has 3 N–H and O–H groups in total. The number of carbonyl (C=O) groups is 1. The fourth-order valence-electron chi connectivity index (χ4n) is 5.20.